The van der Waals surface area contributed by atoms with E-state index in [0.717, 1.165) is 17.7 Å². The van der Waals surface area contributed by atoms with Crippen LogP contribution in [0.2, 0.25) is 0 Å². The maximum absolute atomic E-state index is 13.7. The molecule has 33 heavy (non-hydrogen) atoms. The van der Waals surface area contributed by atoms with Crippen molar-refractivity contribution in [3.8, 4) is 0 Å². The average molecular weight is 445 g/mol. The molecule has 2 amide bonds. The van der Waals surface area contributed by atoms with Crippen molar-refractivity contribution in [3.05, 3.63) is 82.8 Å². The zero-order valence-electron chi connectivity index (χ0n) is 18.4. The lowest BCUT2D eigenvalue weighted by atomic mass is 10.0. The van der Waals surface area contributed by atoms with Gasteiger partial charge in [-0.15, -0.1) is 0 Å². The summed E-state index contributed by atoms with van der Waals surface area (Å²) in [4.78, 5) is 42.7. The molecule has 0 N–H and O–H groups in total. The molecule has 168 valence electrons. The maximum Gasteiger partial charge on any atom is 0.255 e. The Labute approximate surface area is 191 Å². The molecule has 7 nitrogen and oxygen atoms in total. The number of likely N-dealkylation sites (tertiary alicyclic amines) is 1. The predicted molar refractivity (Wildman–Crippen MR) is 120 cm³/mol. The van der Waals surface area contributed by atoms with Gasteiger partial charge in [-0.25, -0.2) is 14.4 Å². The van der Waals surface area contributed by atoms with Crippen LogP contribution in [0, 0.1) is 12.7 Å². The zero-order chi connectivity index (χ0) is 22.9. The van der Waals surface area contributed by atoms with E-state index < -0.39 is 0 Å². The Balaban J connectivity index is 1.41. The Kier molecular flexibility index (Phi) is 5.58. The molecule has 8 heteroatoms. The van der Waals surface area contributed by atoms with E-state index in [9.17, 15) is 14.0 Å². The lowest BCUT2D eigenvalue weighted by Gasteiger charge is -2.30. The highest BCUT2D eigenvalue weighted by molar-refractivity contribution is 5.95. The first-order valence-corrected chi connectivity index (χ1v) is 11.1. The molecule has 1 atom stereocenters. The van der Waals surface area contributed by atoms with Crippen LogP contribution in [0.15, 0.2) is 48.8 Å². The number of fused-ring (bicyclic) bond motifs is 1. The number of carbonyl (C=O) groups is 2. The number of anilines is 1. The third-order valence-corrected chi connectivity index (χ3v) is 6.33. The second-order valence-corrected chi connectivity index (χ2v) is 8.56. The summed E-state index contributed by atoms with van der Waals surface area (Å²) in [6, 6.07) is 9.79. The van der Waals surface area contributed by atoms with Gasteiger partial charge in [0.25, 0.3) is 5.91 Å². The highest BCUT2D eigenvalue weighted by Crippen LogP contribution is 2.33. The SMILES string of the molecule is Cc1nc([C@@H]2CCN(C(=O)c3cccnc3)C2)nc2c1CCC(=O)N2Cc1cccc(F)c1. The second kappa shape index (κ2) is 8.69. The molecule has 1 saturated heterocycles. The summed E-state index contributed by atoms with van der Waals surface area (Å²) >= 11 is 0. The van der Waals surface area contributed by atoms with Gasteiger partial charge in [0, 0.05) is 49.1 Å². The van der Waals surface area contributed by atoms with E-state index >= 15 is 0 Å². The summed E-state index contributed by atoms with van der Waals surface area (Å²) < 4.78 is 13.7. The number of benzene rings is 1. The van der Waals surface area contributed by atoms with Crippen LogP contribution in [0.4, 0.5) is 10.2 Å². The van der Waals surface area contributed by atoms with Gasteiger partial charge in [-0.05, 0) is 49.6 Å². The topological polar surface area (TPSA) is 79.3 Å². The van der Waals surface area contributed by atoms with Gasteiger partial charge >= 0.3 is 0 Å². The minimum atomic E-state index is -0.332. The van der Waals surface area contributed by atoms with Crippen molar-refractivity contribution < 1.29 is 14.0 Å². The van der Waals surface area contributed by atoms with Gasteiger partial charge in [0.15, 0.2) is 0 Å². The summed E-state index contributed by atoms with van der Waals surface area (Å²) in [6.07, 6.45) is 4.94. The molecule has 0 bridgehead atoms. The normalized spacial score (nSPS) is 17.9. The van der Waals surface area contributed by atoms with Gasteiger partial charge in [0.05, 0.1) is 12.1 Å². The Morgan fingerprint density at radius 3 is 2.85 bits per heavy atom. The fourth-order valence-electron chi connectivity index (χ4n) is 4.59. The van der Waals surface area contributed by atoms with E-state index in [2.05, 4.69) is 4.98 Å². The van der Waals surface area contributed by atoms with Crippen molar-refractivity contribution in [3.63, 3.8) is 0 Å². The van der Waals surface area contributed by atoms with Gasteiger partial charge in [-0.2, -0.15) is 0 Å². The molecule has 1 aromatic carbocycles. The molecular formula is C25H24FN5O2. The number of amides is 2. The van der Waals surface area contributed by atoms with Crippen LogP contribution in [-0.4, -0.2) is 44.8 Å². The van der Waals surface area contributed by atoms with Gasteiger partial charge in [-0.3, -0.25) is 19.5 Å². The van der Waals surface area contributed by atoms with Crippen LogP contribution >= 0.6 is 0 Å². The van der Waals surface area contributed by atoms with E-state index in [1.54, 1.807) is 46.5 Å². The number of pyridine rings is 1. The van der Waals surface area contributed by atoms with Crippen molar-refractivity contribution in [2.24, 2.45) is 0 Å². The van der Waals surface area contributed by atoms with Gasteiger partial charge in [-0.1, -0.05) is 12.1 Å². The van der Waals surface area contributed by atoms with Crippen molar-refractivity contribution in [2.75, 3.05) is 18.0 Å². The number of aryl methyl sites for hydroxylation is 1. The first-order valence-electron chi connectivity index (χ1n) is 11.1. The third kappa shape index (κ3) is 4.20. The number of carbonyl (C=O) groups excluding carboxylic acids is 2. The molecule has 1 fully saturated rings. The monoisotopic (exact) mass is 445 g/mol. The summed E-state index contributed by atoms with van der Waals surface area (Å²) in [5.74, 6) is 0.823. The van der Waals surface area contributed by atoms with Crippen LogP contribution in [0.5, 0.6) is 0 Å². The van der Waals surface area contributed by atoms with E-state index in [-0.39, 0.29) is 30.1 Å². The quantitative estimate of drug-likeness (QED) is 0.615. The fraction of sp³-hybridized carbons (Fsp3) is 0.320. The molecule has 2 aliphatic rings. The number of halogens is 1. The second-order valence-electron chi connectivity index (χ2n) is 8.56. The highest BCUT2D eigenvalue weighted by atomic mass is 19.1. The minimum absolute atomic E-state index is 0.0114. The lowest BCUT2D eigenvalue weighted by molar-refractivity contribution is -0.119. The highest BCUT2D eigenvalue weighted by Gasteiger charge is 2.33. The van der Waals surface area contributed by atoms with Crippen LogP contribution in [0.1, 0.15) is 51.8 Å². The summed E-state index contributed by atoms with van der Waals surface area (Å²) in [6.45, 7) is 3.33. The average Bonchev–Trinajstić information content (AvgIpc) is 3.31. The van der Waals surface area contributed by atoms with Crippen molar-refractivity contribution in [1.29, 1.82) is 0 Å². The number of hydrogen-bond acceptors (Lipinski definition) is 5. The molecule has 3 aromatic rings. The largest absolute Gasteiger partial charge is 0.338 e. The van der Waals surface area contributed by atoms with E-state index in [4.69, 9.17) is 9.97 Å². The number of aromatic nitrogens is 3. The Bertz CT molecular complexity index is 1220. The molecular weight excluding hydrogens is 421 g/mol. The standard InChI is InChI=1S/C25H24FN5O2/c1-16-21-7-8-22(32)31(14-17-4-2-6-20(26)12-17)24(21)29-23(28-16)19-9-11-30(15-19)25(33)18-5-3-10-27-13-18/h2-6,10,12-13,19H,7-9,11,14-15H2,1H3/t19-/m1/s1. The maximum atomic E-state index is 13.7. The summed E-state index contributed by atoms with van der Waals surface area (Å²) in [7, 11) is 0. The third-order valence-electron chi connectivity index (χ3n) is 6.33. The molecule has 0 radical (unpaired) electrons. The van der Waals surface area contributed by atoms with Crippen molar-refractivity contribution >= 4 is 17.6 Å². The molecule has 0 aliphatic carbocycles. The van der Waals surface area contributed by atoms with E-state index in [1.807, 2.05) is 6.92 Å². The van der Waals surface area contributed by atoms with Crippen LogP contribution in [0.3, 0.4) is 0 Å². The first-order chi connectivity index (χ1) is 16.0. The van der Waals surface area contributed by atoms with Crippen molar-refractivity contribution in [2.45, 2.75) is 38.6 Å². The van der Waals surface area contributed by atoms with Gasteiger partial charge in [0.1, 0.15) is 17.5 Å². The molecule has 0 spiro atoms. The van der Waals surface area contributed by atoms with Crippen molar-refractivity contribution in [1.82, 2.24) is 19.9 Å². The molecule has 2 aromatic heterocycles. The zero-order valence-corrected chi connectivity index (χ0v) is 18.4. The van der Waals surface area contributed by atoms with Crippen LogP contribution < -0.4 is 4.90 Å². The lowest BCUT2D eigenvalue weighted by Crippen LogP contribution is -2.36. The van der Waals surface area contributed by atoms with Gasteiger partial charge in [0.2, 0.25) is 5.91 Å². The Hall–Kier alpha value is -3.68. The molecule has 4 heterocycles. The fourth-order valence-corrected chi connectivity index (χ4v) is 4.59. The van der Waals surface area contributed by atoms with Crippen LogP contribution in [0.25, 0.3) is 0 Å². The molecule has 0 saturated carbocycles. The van der Waals surface area contributed by atoms with Gasteiger partial charge < -0.3 is 4.90 Å². The predicted octanol–water partition coefficient (Wildman–Crippen LogP) is 3.43. The van der Waals surface area contributed by atoms with Crippen LogP contribution in [-0.2, 0) is 17.8 Å². The molecule has 5 rings (SSSR count). The van der Waals surface area contributed by atoms with E-state index in [1.165, 1.54) is 12.1 Å². The number of nitrogens with zero attached hydrogens (tertiary/aromatic N) is 5. The minimum Gasteiger partial charge on any atom is -0.338 e. The first kappa shape index (κ1) is 21.2. The Morgan fingerprint density at radius 2 is 2.06 bits per heavy atom. The number of rotatable bonds is 4. The number of hydrogen-bond donors (Lipinski definition) is 0. The summed E-state index contributed by atoms with van der Waals surface area (Å²) in [5.41, 5.74) is 3.08. The molecule has 0 unspecified atom stereocenters. The van der Waals surface area contributed by atoms with E-state index in [0.29, 0.717) is 48.7 Å². The molecule has 2 aliphatic heterocycles. The Morgan fingerprint density at radius 1 is 1.18 bits per heavy atom. The summed E-state index contributed by atoms with van der Waals surface area (Å²) in [5, 5.41) is 0. The smallest absolute Gasteiger partial charge is 0.255 e.